The maximum absolute atomic E-state index is 12.2. The van der Waals surface area contributed by atoms with E-state index in [0.29, 0.717) is 11.4 Å². The number of aromatic nitrogens is 2. The van der Waals surface area contributed by atoms with Gasteiger partial charge in [0.25, 0.3) is 11.5 Å². The van der Waals surface area contributed by atoms with Crippen molar-refractivity contribution in [3.8, 4) is 5.75 Å². The molecule has 0 saturated carbocycles. The van der Waals surface area contributed by atoms with E-state index < -0.39 is 11.5 Å². The summed E-state index contributed by atoms with van der Waals surface area (Å²) in [7, 11) is 1.55. The number of hydrogen-bond acceptors (Lipinski definition) is 8. The number of carbonyl (C=O) groups is 2. The monoisotopic (exact) mass is 415 g/mol. The Morgan fingerprint density at radius 3 is 2.62 bits per heavy atom. The average Bonchev–Trinajstić information content (AvgIpc) is 3.24. The number of methoxy groups -OCH3 is 1. The summed E-state index contributed by atoms with van der Waals surface area (Å²) in [6.45, 7) is 0. The van der Waals surface area contributed by atoms with E-state index in [-0.39, 0.29) is 34.1 Å². The summed E-state index contributed by atoms with van der Waals surface area (Å²) in [5.41, 5.74) is 5.54. The largest absolute Gasteiger partial charge is 0.497 e. The van der Waals surface area contributed by atoms with E-state index in [1.54, 1.807) is 31.4 Å². The Morgan fingerprint density at radius 2 is 2.00 bits per heavy atom. The van der Waals surface area contributed by atoms with E-state index in [0.717, 1.165) is 11.8 Å². The molecule has 0 saturated heterocycles. The van der Waals surface area contributed by atoms with Gasteiger partial charge in [0.2, 0.25) is 5.91 Å². The Bertz CT molecular complexity index is 1060. The zero-order valence-electron chi connectivity index (χ0n) is 15.2. The van der Waals surface area contributed by atoms with Gasteiger partial charge in [0, 0.05) is 5.69 Å². The second-order valence-electron chi connectivity index (χ2n) is 5.63. The molecular weight excluding hydrogens is 398 g/mol. The van der Waals surface area contributed by atoms with Crippen LogP contribution in [-0.4, -0.2) is 34.6 Å². The van der Waals surface area contributed by atoms with Crippen molar-refractivity contribution in [1.29, 1.82) is 0 Å². The van der Waals surface area contributed by atoms with Crippen molar-refractivity contribution in [2.24, 2.45) is 0 Å². The number of H-pyrrole nitrogens is 1. The van der Waals surface area contributed by atoms with Crippen LogP contribution in [0.4, 0.5) is 17.2 Å². The Labute approximate surface area is 168 Å². The fourth-order valence-corrected chi connectivity index (χ4v) is 2.91. The van der Waals surface area contributed by atoms with Crippen molar-refractivity contribution < 1.29 is 18.7 Å². The number of nitrogens with one attached hydrogen (secondary N) is 3. The lowest BCUT2D eigenvalue weighted by Gasteiger charge is -2.08. The number of hydrogen-bond donors (Lipinski definition) is 4. The summed E-state index contributed by atoms with van der Waals surface area (Å²) < 4.78 is 10.0. The number of ether oxygens (including phenoxy) is 1. The minimum absolute atomic E-state index is 0.00743. The Hall–Kier alpha value is -3.73. The van der Waals surface area contributed by atoms with E-state index in [1.807, 2.05) is 0 Å². The molecule has 0 bridgehead atoms. The molecule has 0 radical (unpaired) electrons. The normalized spacial score (nSPS) is 10.4. The second kappa shape index (κ2) is 8.97. The molecule has 29 heavy (non-hydrogen) atoms. The van der Waals surface area contributed by atoms with E-state index in [1.165, 1.54) is 18.4 Å². The minimum atomic E-state index is -0.643. The van der Waals surface area contributed by atoms with Crippen LogP contribution < -0.4 is 26.7 Å². The van der Waals surface area contributed by atoms with Crippen molar-refractivity contribution in [2.45, 2.75) is 5.16 Å². The number of benzene rings is 1. The summed E-state index contributed by atoms with van der Waals surface area (Å²) in [4.78, 5) is 42.8. The standard InChI is InChI=1S/C18H17N5O5S/c1-27-11-6-4-10(5-7-11)20-13(24)9-29-18-22-15(19)14(17(26)23-18)21-16(25)12-3-2-8-28-12/h2-8H,9H2,1H3,(H,20,24)(H,21,25)(H3,19,22,23,26). The predicted molar refractivity (Wildman–Crippen MR) is 108 cm³/mol. The summed E-state index contributed by atoms with van der Waals surface area (Å²) in [6.07, 6.45) is 1.33. The van der Waals surface area contributed by atoms with Crippen LogP contribution >= 0.6 is 11.8 Å². The van der Waals surface area contributed by atoms with Crippen LogP contribution in [0.2, 0.25) is 0 Å². The first-order chi connectivity index (χ1) is 14.0. The fraction of sp³-hybridized carbons (Fsp3) is 0.111. The van der Waals surface area contributed by atoms with Gasteiger partial charge in [0.05, 0.1) is 19.1 Å². The molecule has 2 aromatic heterocycles. The van der Waals surface area contributed by atoms with Gasteiger partial charge in [0.15, 0.2) is 22.4 Å². The highest BCUT2D eigenvalue weighted by Gasteiger charge is 2.16. The number of carbonyl (C=O) groups excluding carboxylic acids is 2. The van der Waals surface area contributed by atoms with Gasteiger partial charge in [-0.2, -0.15) is 0 Å². The zero-order chi connectivity index (χ0) is 20.8. The molecule has 1 aromatic carbocycles. The number of anilines is 3. The van der Waals surface area contributed by atoms with E-state index >= 15 is 0 Å². The number of nitrogens with zero attached hydrogens (tertiary/aromatic N) is 1. The van der Waals surface area contributed by atoms with Gasteiger partial charge >= 0.3 is 0 Å². The lowest BCUT2D eigenvalue weighted by molar-refractivity contribution is -0.113. The third kappa shape index (κ3) is 5.17. The molecule has 10 nitrogen and oxygen atoms in total. The van der Waals surface area contributed by atoms with Crippen LogP contribution in [-0.2, 0) is 4.79 Å². The average molecular weight is 415 g/mol. The maximum atomic E-state index is 12.2. The molecule has 0 aliphatic heterocycles. The van der Waals surface area contributed by atoms with Gasteiger partial charge in [-0.15, -0.1) is 0 Å². The van der Waals surface area contributed by atoms with Gasteiger partial charge < -0.3 is 25.5 Å². The molecule has 0 aliphatic rings. The summed E-state index contributed by atoms with van der Waals surface area (Å²) in [6, 6.07) is 9.83. The molecule has 0 atom stereocenters. The summed E-state index contributed by atoms with van der Waals surface area (Å²) in [5.74, 6) is -0.408. The smallest absolute Gasteiger partial charge is 0.291 e. The van der Waals surface area contributed by atoms with Crippen LogP contribution in [0.5, 0.6) is 5.75 Å². The number of rotatable bonds is 7. The van der Waals surface area contributed by atoms with Crippen molar-refractivity contribution in [3.05, 3.63) is 58.8 Å². The highest BCUT2D eigenvalue weighted by molar-refractivity contribution is 7.99. The number of thioether (sulfide) groups is 1. The Morgan fingerprint density at radius 1 is 1.24 bits per heavy atom. The van der Waals surface area contributed by atoms with Gasteiger partial charge in [-0.1, -0.05) is 11.8 Å². The van der Waals surface area contributed by atoms with Crippen LogP contribution in [0.1, 0.15) is 10.6 Å². The second-order valence-corrected chi connectivity index (χ2v) is 6.59. The fourth-order valence-electron chi connectivity index (χ4n) is 2.25. The highest BCUT2D eigenvalue weighted by Crippen LogP contribution is 2.19. The van der Waals surface area contributed by atoms with E-state index in [2.05, 4.69) is 20.6 Å². The van der Waals surface area contributed by atoms with Gasteiger partial charge in [-0.05, 0) is 36.4 Å². The SMILES string of the molecule is COc1ccc(NC(=O)CSc2nc(N)c(NC(=O)c3ccco3)c(=O)[nH]2)cc1. The molecule has 150 valence electrons. The van der Waals surface area contributed by atoms with Crippen LogP contribution in [0.25, 0.3) is 0 Å². The molecule has 2 amide bonds. The molecule has 3 aromatic rings. The number of nitrogens with two attached hydrogens (primary N) is 1. The topological polar surface area (TPSA) is 152 Å². The van der Waals surface area contributed by atoms with Crippen molar-refractivity contribution >= 4 is 40.8 Å². The van der Waals surface area contributed by atoms with Crippen LogP contribution in [0.3, 0.4) is 0 Å². The lowest BCUT2D eigenvalue weighted by Crippen LogP contribution is -2.23. The van der Waals surface area contributed by atoms with E-state index in [9.17, 15) is 14.4 Å². The first kappa shape index (κ1) is 20.0. The maximum Gasteiger partial charge on any atom is 0.291 e. The molecule has 0 unspecified atom stereocenters. The minimum Gasteiger partial charge on any atom is -0.497 e. The van der Waals surface area contributed by atoms with Gasteiger partial charge in [0.1, 0.15) is 5.75 Å². The first-order valence-corrected chi connectivity index (χ1v) is 9.26. The lowest BCUT2D eigenvalue weighted by atomic mass is 10.3. The first-order valence-electron chi connectivity index (χ1n) is 8.27. The van der Waals surface area contributed by atoms with Crippen molar-refractivity contribution in [3.63, 3.8) is 0 Å². The Balaban J connectivity index is 1.60. The van der Waals surface area contributed by atoms with Gasteiger partial charge in [-0.25, -0.2) is 4.98 Å². The molecule has 3 rings (SSSR count). The third-order valence-electron chi connectivity index (χ3n) is 3.62. The van der Waals surface area contributed by atoms with Crippen molar-refractivity contribution in [2.75, 3.05) is 29.2 Å². The molecular formula is C18H17N5O5S. The Kier molecular flexibility index (Phi) is 6.19. The highest BCUT2D eigenvalue weighted by atomic mass is 32.2. The van der Waals surface area contributed by atoms with Crippen LogP contribution in [0, 0.1) is 0 Å². The molecule has 5 N–H and O–H groups in total. The van der Waals surface area contributed by atoms with E-state index in [4.69, 9.17) is 14.9 Å². The zero-order valence-corrected chi connectivity index (χ0v) is 16.0. The number of aromatic amines is 1. The van der Waals surface area contributed by atoms with Gasteiger partial charge in [-0.3, -0.25) is 19.4 Å². The quantitative estimate of drug-likeness (QED) is 0.337. The van der Waals surface area contributed by atoms with Crippen molar-refractivity contribution in [1.82, 2.24) is 9.97 Å². The molecule has 0 fully saturated rings. The van der Waals surface area contributed by atoms with Crippen LogP contribution in [0.15, 0.2) is 57.0 Å². The summed E-state index contributed by atoms with van der Waals surface area (Å²) in [5, 5.41) is 5.21. The molecule has 11 heteroatoms. The number of amides is 2. The summed E-state index contributed by atoms with van der Waals surface area (Å²) >= 11 is 0.994. The molecule has 2 heterocycles. The predicted octanol–water partition coefficient (Wildman–Crippen LogP) is 1.94. The third-order valence-corrected chi connectivity index (χ3v) is 4.50. The molecule has 0 aliphatic carbocycles. The number of nitrogen functional groups attached to an aromatic ring is 1. The number of furan rings is 1. The molecule has 0 spiro atoms.